The lowest BCUT2D eigenvalue weighted by Crippen LogP contribution is -2.29. The molecule has 0 amide bonds. The Kier molecular flexibility index (Phi) is 11.4. The smallest absolute Gasteiger partial charge is 0.309 e. The van der Waals surface area contributed by atoms with E-state index >= 15 is 0 Å². The zero-order valence-corrected chi connectivity index (χ0v) is 13.7. The summed E-state index contributed by atoms with van der Waals surface area (Å²) in [6.07, 6.45) is 8.45. The van der Waals surface area contributed by atoms with Gasteiger partial charge in [0.1, 0.15) is 5.78 Å². The molecule has 0 rings (SSSR count). The van der Waals surface area contributed by atoms with Crippen molar-refractivity contribution in [3.05, 3.63) is 0 Å². The van der Waals surface area contributed by atoms with Gasteiger partial charge in [-0.3, -0.25) is 9.59 Å². The van der Waals surface area contributed by atoms with Crippen LogP contribution >= 0.6 is 0 Å². The summed E-state index contributed by atoms with van der Waals surface area (Å²) < 4.78 is 5.34. The van der Waals surface area contributed by atoms with Crippen molar-refractivity contribution in [2.24, 2.45) is 11.8 Å². The van der Waals surface area contributed by atoms with E-state index in [-0.39, 0.29) is 23.6 Å². The van der Waals surface area contributed by atoms with E-state index in [0.717, 1.165) is 12.8 Å². The molecule has 3 heteroatoms. The molecule has 0 fully saturated rings. The topological polar surface area (TPSA) is 43.4 Å². The number of Topliss-reactive ketones (excluding diaryl/α,β-unsaturated/α-hetero) is 1. The van der Waals surface area contributed by atoms with E-state index in [9.17, 15) is 9.59 Å². The van der Waals surface area contributed by atoms with Crippen LogP contribution in [0.15, 0.2) is 0 Å². The van der Waals surface area contributed by atoms with Crippen molar-refractivity contribution in [3.63, 3.8) is 0 Å². The van der Waals surface area contributed by atoms with E-state index in [4.69, 9.17) is 4.74 Å². The first-order chi connectivity index (χ1) is 9.58. The highest BCUT2D eigenvalue weighted by Crippen LogP contribution is 2.22. The van der Waals surface area contributed by atoms with Gasteiger partial charge in [-0.05, 0) is 26.2 Å². The standard InChI is InChI=1S/C17H32O3/c1-5-8-9-10-11-12-13-20-17(19)16(7-3)15(6-2)14(4)18/h15-16H,5-13H2,1-4H3. The van der Waals surface area contributed by atoms with Gasteiger partial charge in [-0.2, -0.15) is 0 Å². The SMILES string of the molecule is CCCCCCCCOC(=O)C(CC)C(CC)C(C)=O. The van der Waals surface area contributed by atoms with Crippen LogP contribution in [0.1, 0.15) is 79.1 Å². The Bertz CT molecular complexity index is 273. The normalized spacial score (nSPS) is 13.8. The molecule has 0 radical (unpaired) electrons. The van der Waals surface area contributed by atoms with E-state index in [1.807, 2.05) is 13.8 Å². The van der Waals surface area contributed by atoms with Gasteiger partial charge < -0.3 is 4.74 Å². The van der Waals surface area contributed by atoms with Crippen molar-refractivity contribution in [1.29, 1.82) is 0 Å². The number of unbranched alkanes of at least 4 members (excludes halogenated alkanes) is 5. The van der Waals surface area contributed by atoms with Crippen LogP contribution in [-0.2, 0) is 14.3 Å². The molecule has 0 bridgehead atoms. The van der Waals surface area contributed by atoms with Gasteiger partial charge in [-0.15, -0.1) is 0 Å². The van der Waals surface area contributed by atoms with Crippen LogP contribution in [0.25, 0.3) is 0 Å². The number of ketones is 1. The van der Waals surface area contributed by atoms with Gasteiger partial charge in [0, 0.05) is 5.92 Å². The fourth-order valence-electron chi connectivity index (χ4n) is 2.63. The van der Waals surface area contributed by atoms with Crippen LogP contribution < -0.4 is 0 Å². The number of hydrogen-bond donors (Lipinski definition) is 0. The molecule has 0 saturated carbocycles. The predicted molar refractivity (Wildman–Crippen MR) is 82.6 cm³/mol. The highest BCUT2D eigenvalue weighted by molar-refractivity contribution is 5.85. The van der Waals surface area contributed by atoms with Crippen molar-refractivity contribution < 1.29 is 14.3 Å². The largest absolute Gasteiger partial charge is 0.465 e. The summed E-state index contributed by atoms with van der Waals surface area (Å²) >= 11 is 0. The van der Waals surface area contributed by atoms with Crippen LogP contribution in [0.2, 0.25) is 0 Å². The molecule has 0 aromatic carbocycles. The third-order valence-electron chi connectivity index (χ3n) is 3.93. The van der Waals surface area contributed by atoms with Gasteiger partial charge in [0.05, 0.1) is 12.5 Å². The first-order valence-electron chi connectivity index (χ1n) is 8.25. The number of rotatable bonds is 12. The molecule has 0 N–H and O–H groups in total. The molecule has 20 heavy (non-hydrogen) atoms. The van der Waals surface area contributed by atoms with Crippen LogP contribution in [-0.4, -0.2) is 18.4 Å². The lowest BCUT2D eigenvalue weighted by atomic mass is 9.85. The average molecular weight is 284 g/mol. The van der Waals surface area contributed by atoms with E-state index in [2.05, 4.69) is 6.92 Å². The summed E-state index contributed by atoms with van der Waals surface area (Å²) in [6, 6.07) is 0. The lowest BCUT2D eigenvalue weighted by Gasteiger charge is -2.21. The predicted octanol–water partition coefficient (Wildman–Crippen LogP) is 4.53. The molecule has 0 heterocycles. The fraction of sp³-hybridized carbons (Fsp3) is 0.882. The molecule has 2 atom stereocenters. The molecule has 0 aliphatic rings. The second-order valence-electron chi connectivity index (χ2n) is 5.58. The maximum atomic E-state index is 12.0. The first kappa shape index (κ1) is 19.1. The minimum atomic E-state index is -0.266. The Morgan fingerprint density at radius 3 is 1.90 bits per heavy atom. The van der Waals surface area contributed by atoms with Crippen molar-refractivity contribution >= 4 is 11.8 Å². The number of carbonyl (C=O) groups excluding carboxylic acids is 2. The van der Waals surface area contributed by atoms with Gasteiger partial charge in [0.15, 0.2) is 0 Å². The Balaban J connectivity index is 3.95. The van der Waals surface area contributed by atoms with Crippen molar-refractivity contribution in [2.45, 2.75) is 79.1 Å². The maximum Gasteiger partial charge on any atom is 0.309 e. The van der Waals surface area contributed by atoms with E-state index in [1.165, 1.54) is 25.7 Å². The van der Waals surface area contributed by atoms with Crippen LogP contribution in [0, 0.1) is 11.8 Å². The van der Waals surface area contributed by atoms with Crippen molar-refractivity contribution in [2.75, 3.05) is 6.61 Å². The number of hydrogen-bond acceptors (Lipinski definition) is 3. The zero-order valence-electron chi connectivity index (χ0n) is 13.7. The van der Waals surface area contributed by atoms with Crippen molar-refractivity contribution in [1.82, 2.24) is 0 Å². The molecule has 0 aliphatic carbocycles. The van der Waals surface area contributed by atoms with Crippen molar-refractivity contribution in [3.8, 4) is 0 Å². The summed E-state index contributed by atoms with van der Waals surface area (Å²) in [5.74, 6) is -0.548. The van der Waals surface area contributed by atoms with E-state index in [1.54, 1.807) is 6.92 Å². The Labute approximate surface area is 124 Å². The molecular weight excluding hydrogens is 252 g/mol. The van der Waals surface area contributed by atoms with E-state index < -0.39 is 0 Å². The first-order valence-corrected chi connectivity index (χ1v) is 8.25. The number of carbonyl (C=O) groups is 2. The summed E-state index contributed by atoms with van der Waals surface area (Å²) in [6.45, 7) is 8.16. The van der Waals surface area contributed by atoms with Gasteiger partial charge in [0.2, 0.25) is 0 Å². The molecule has 0 spiro atoms. The molecule has 0 aromatic rings. The Morgan fingerprint density at radius 1 is 0.850 bits per heavy atom. The van der Waals surface area contributed by atoms with Gasteiger partial charge in [-0.1, -0.05) is 52.9 Å². The maximum absolute atomic E-state index is 12.0. The lowest BCUT2D eigenvalue weighted by molar-refractivity contribution is -0.153. The molecule has 118 valence electrons. The van der Waals surface area contributed by atoms with Crippen LogP contribution in [0.4, 0.5) is 0 Å². The third-order valence-corrected chi connectivity index (χ3v) is 3.93. The number of ether oxygens (including phenoxy) is 1. The molecule has 0 saturated heterocycles. The highest BCUT2D eigenvalue weighted by Gasteiger charge is 2.29. The average Bonchev–Trinajstić information content (AvgIpc) is 2.42. The number of esters is 1. The molecule has 0 aromatic heterocycles. The molecular formula is C17H32O3. The Hall–Kier alpha value is -0.860. The Morgan fingerprint density at radius 2 is 1.40 bits per heavy atom. The summed E-state index contributed by atoms with van der Waals surface area (Å²) in [7, 11) is 0. The summed E-state index contributed by atoms with van der Waals surface area (Å²) in [5, 5.41) is 0. The van der Waals surface area contributed by atoms with E-state index in [0.29, 0.717) is 19.4 Å². The van der Waals surface area contributed by atoms with Gasteiger partial charge in [0.25, 0.3) is 0 Å². The second kappa shape index (κ2) is 11.9. The minimum Gasteiger partial charge on any atom is -0.465 e. The third kappa shape index (κ3) is 7.66. The second-order valence-corrected chi connectivity index (χ2v) is 5.58. The van der Waals surface area contributed by atoms with Crippen LogP contribution in [0.5, 0.6) is 0 Å². The van der Waals surface area contributed by atoms with Crippen LogP contribution in [0.3, 0.4) is 0 Å². The van der Waals surface area contributed by atoms with Gasteiger partial charge >= 0.3 is 5.97 Å². The fourth-order valence-corrected chi connectivity index (χ4v) is 2.63. The summed E-state index contributed by atoms with van der Waals surface area (Å²) in [5.41, 5.74) is 0. The molecule has 3 nitrogen and oxygen atoms in total. The van der Waals surface area contributed by atoms with Gasteiger partial charge in [-0.25, -0.2) is 0 Å². The minimum absolute atomic E-state index is 0.0934. The quantitative estimate of drug-likeness (QED) is 0.390. The monoisotopic (exact) mass is 284 g/mol. The molecule has 2 unspecified atom stereocenters. The molecule has 0 aliphatic heterocycles. The highest BCUT2D eigenvalue weighted by atomic mass is 16.5. The summed E-state index contributed by atoms with van der Waals surface area (Å²) in [4.78, 5) is 23.6. The zero-order chi connectivity index (χ0) is 15.4.